The maximum absolute atomic E-state index is 5.51. The van der Waals surface area contributed by atoms with E-state index in [2.05, 4.69) is 41.2 Å². The molecule has 1 heterocycles. The zero-order valence-electron chi connectivity index (χ0n) is 12.2. The number of thioether (sulfide) groups is 1. The van der Waals surface area contributed by atoms with Crippen molar-refractivity contribution < 1.29 is 4.74 Å². The monoisotopic (exact) mass is 298 g/mol. The van der Waals surface area contributed by atoms with Gasteiger partial charge < -0.3 is 9.72 Å². The van der Waals surface area contributed by atoms with Crippen LogP contribution in [0.1, 0.15) is 18.1 Å². The summed E-state index contributed by atoms with van der Waals surface area (Å²) < 4.78 is 5.51. The largest absolute Gasteiger partial charge is 0.494 e. The van der Waals surface area contributed by atoms with Gasteiger partial charge in [-0.2, -0.15) is 0 Å². The van der Waals surface area contributed by atoms with Crippen molar-refractivity contribution >= 4 is 22.8 Å². The fourth-order valence-electron chi connectivity index (χ4n) is 2.21. The van der Waals surface area contributed by atoms with Crippen LogP contribution in [0.5, 0.6) is 5.75 Å². The van der Waals surface area contributed by atoms with E-state index in [9.17, 15) is 0 Å². The van der Waals surface area contributed by atoms with Crippen molar-refractivity contribution in [2.45, 2.75) is 24.8 Å². The van der Waals surface area contributed by atoms with Crippen molar-refractivity contribution in [2.24, 2.45) is 0 Å². The highest BCUT2D eigenvalue weighted by molar-refractivity contribution is 7.98. The highest BCUT2D eigenvalue weighted by Crippen LogP contribution is 2.26. The van der Waals surface area contributed by atoms with Crippen LogP contribution in [0.25, 0.3) is 11.0 Å². The number of imidazole rings is 1. The molecule has 0 unspecified atom stereocenters. The molecule has 3 nitrogen and oxygen atoms in total. The summed E-state index contributed by atoms with van der Waals surface area (Å²) >= 11 is 1.73. The number of aromatic amines is 1. The number of fused-ring (bicyclic) bond motifs is 1. The Morgan fingerprint density at radius 1 is 1.19 bits per heavy atom. The number of nitrogens with one attached hydrogen (secondary N) is 1. The molecule has 0 fully saturated rings. The SMILES string of the molecule is CCOc1ccc2nc(SCc3ccccc3C)[nH]c2c1. The lowest BCUT2D eigenvalue weighted by Crippen LogP contribution is -1.90. The number of benzene rings is 2. The number of ether oxygens (including phenoxy) is 1. The normalized spacial score (nSPS) is 11.0. The summed E-state index contributed by atoms with van der Waals surface area (Å²) in [6.07, 6.45) is 0. The summed E-state index contributed by atoms with van der Waals surface area (Å²) in [4.78, 5) is 7.97. The van der Waals surface area contributed by atoms with E-state index in [1.165, 1.54) is 11.1 Å². The number of hydrogen-bond acceptors (Lipinski definition) is 3. The minimum Gasteiger partial charge on any atom is -0.494 e. The molecule has 1 N–H and O–H groups in total. The lowest BCUT2D eigenvalue weighted by atomic mass is 10.1. The first-order valence-electron chi connectivity index (χ1n) is 7.06. The predicted octanol–water partition coefficient (Wildman–Crippen LogP) is 4.56. The summed E-state index contributed by atoms with van der Waals surface area (Å²) in [5, 5.41) is 0.946. The lowest BCUT2D eigenvalue weighted by molar-refractivity contribution is 0.340. The average molecular weight is 298 g/mol. The molecule has 0 saturated heterocycles. The third-order valence-corrected chi connectivity index (χ3v) is 4.29. The molecule has 0 aliphatic heterocycles. The quantitative estimate of drug-likeness (QED) is 0.702. The van der Waals surface area contributed by atoms with Gasteiger partial charge in [0.05, 0.1) is 17.6 Å². The summed E-state index contributed by atoms with van der Waals surface area (Å²) in [6.45, 7) is 4.80. The van der Waals surface area contributed by atoms with Gasteiger partial charge in [0.1, 0.15) is 5.75 Å². The van der Waals surface area contributed by atoms with Gasteiger partial charge >= 0.3 is 0 Å². The van der Waals surface area contributed by atoms with Crippen molar-refractivity contribution in [3.05, 3.63) is 53.6 Å². The standard InChI is InChI=1S/C17H18N2OS/c1-3-20-14-8-9-15-16(10-14)19-17(18-15)21-11-13-7-5-4-6-12(13)2/h4-10H,3,11H2,1-2H3,(H,18,19). The van der Waals surface area contributed by atoms with Crippen LogP contribution in [-0.2, 0) is 5.75 Å². The van der Waals surface area contributed by atoms with Crippen LogP contribution in [0.3, 0.4) is 0 Å². The van der Waals surface area contributed by atoms with Crippen molar-refractivity contribution in [2.75, 3.05) is 6.61 Å². The number of nitrogens with zero attached hydrogens (tertiary/aromatic N) is 1. The molecular weight excluding hydrogens is 280 g/mol. The Kier molecular flexibility index (Phi) is 4.15. The molecule has 0 bridgehead atoms. The smallest absolute Gasteiger partial charge is 0.166 e. The first-order valence-corrected chi connectivity index (χ1v) is 8.04. The second-order valence-electron chi connectivity index (χ2n) is 4.87. The number of H-pyrrole nitrogens is 1. The Labute approximate surface area is 128 Å². The molecule has 0 spiro atoms. The van der Waals surface area contributed by atoms with E-state index in [4.69, 9.17) is 4.74 Å². The van der Waals surface area contributed by atoms with Crippen LogP contribution in [0.2, 0.25) is 0 Å². The maximum atomic E-state index is 5.51. The maximum Gasteiger partial charge on any atom is 0.166 e. The van der Waals surface area contributed by atoms with E-state index in [0.29, 0.717) is 6.61 Å². The van der Waals surface area contributed by atoms with E-state index in [1.807, 2.05) is 25.1 Å². The Hall–Kier alpha value is -1.94. The second-order valence-corrected chi connectivity index (χ2v) is 5.83. The zero-order chi connectivity index (χ0) is 14.7. The van der Waals surface area contributed by atoms with Crippen LogP contribution in [0, 0.1) is 6.92 Å². The van der Waals surface area contributed by atoms with Crippen LogP contribution in [0.4, 0.5) is 0 Å². The van der Waals surface area contributed by atoms with Gasteiger partial charge in [-0.1, -0.05) is 36.0 Å². The van der Waals surface area contributed by atoms with E-state index in [-0.39, 0.29) is 0 Å². The van der Waals surface area contributed by atoms with E-state index in [0.717, 1.165) is 27.7 Å². The topological polar surface area (TPSA) is 37.9 Å². The molecule has 1 aromatic heterocycles. The number of aryl methyl sites for hydroxylation is 1. The summed E-state index contributed by atoms with van der Waals surface area (Å²) in [5.41, 5.74) is 4.66. The fraction of sp³-hybridized carbons (Fsp3) is 0.235. The number of rotatable bonds is 5. The van der Waals surface area contributed by atoms with E-state index >= 15 is 0 Å². The lowest BCUT2D eigenvalue weighted by Gasteiger charge is -2.02. The van der Waals surface area contributed by atoms with Crippen LogP contribution >= 0.6 is 11.8 Å². The van der Waals surface area contributed by atoms with Crippen LogP contribution in [-0.4, -0.2) is 16.6 Å². The highest BCUT2D eigenvalue weighted by atomic mass is 32.2. The first kappa shape index (κ1) is 14.0. The summed E-state index contributed by atoms with van der Waals surface area (Å²) in [5.74, 6) is 1.80. The molecule has 21 heavy (non-hydrogen) atoms. The second kappa shape index (κ2) is 6.22. The van der Waals surface area contributed by atoms with Gasteiger partial charge in [-0.15, -0.1) is 0 Å². The minimum atomic E-state index is 0.675. The fourth-order valence-corrected chi connectivity index (χ4v) is 3.17. The van der Waals surface area contributed by atoms with Crippen LogP contribution < -0.4 is 4.74 Å². The molecule has 0 aliphatic rings. The number of aromatic nitrogens is 2. The third-order valence-electron chi connectivity index (χ3n) is 3.37. The van der Waals surface area contributed by atoms with Gasteiger partial charge in [0.25, 0.3) is 0 Å². The van der Waals surface area contributed by atoms with Gasteiger partial charge in [0, 0.05) is 11.8 Å². The van der Waals surface area contributed by atoms with Crippen molar-refractivity contribution in [3.63, 3.8) is 0 Å². The summed E-state index contributed by atoms with van der Waals surface area (Å²) in [7, 11) is 0. The molecule has 3 aromatic rings. The molecule has 0 saturated carbocycles. The molecule has 3 rings (SSSR count). The Morgan fingerprint density at radius 3 is 2.86 bits per heavy atom. The summed E-state index contributed by atoms with van der Waals surface area (Å²) in [6, 6.07) is 14.4. The van der Waals surface area contributed by atoms with E-state index in [1.54, 1.807) is 11.8 Å². The molecule has 0 radical (unpaired) electrons. The highest BCUT2D eigenvalue weighted by Gasteiger charge is 2.06. The molecule has 2 aromatic carbocycles. The minimum absolute atomic E-state index is 0.675. The zero-order valence-corrected chi connectivity index (χ0v) is 13.0. The Balaban J connectivity index is 1.77. The third kappa shape index (κ3) is 3.22. The van der Waals surface area contributed by atoms with E-state index < -0.39 is 0 Å². The predicted molar refractivity (Wildman–Crippen MR) is 88.0 cm³/mol. The molecule has 0 aliphatic carbocycles. The molecule has 0 amide bonds. The van der Waals surface area contributed by atoms with Gasteiger partial charge in [0.2, 0.25) is 0 Å². The average Bonchev–Trinajstić information content (AvgIpc) is 2.89. The Morgan fingerprint density at radius 2 is 2.05 bits per heavy atom. The van der Waals surface area contributed by atoms with Gasteiger partial charge in [0.15, 0.2) is 5.16 Å². The van der Waals surface area contributed by atoms with Gasteiger partial charge in [-0.3, -0.25) is 0 Å². The van der Waals surface area contributed by atoms with Crippen LogP contribution in [0.15, 0.2) is 47.6 Å². The van der Waals surface area contributed by atoms with Crippen molar-refractivity contribution in [1.82, 2.24) is 9.97 Å². The van der Waals surface area contributed by atoms with Gasteiger partial charge in [-0.05, 0) is 37.1 Å². The van der Waals surface area contributed by atoms with Crippen molar-refractivity contribution in [1.29, 1.82) is 0 Å². The number of hydrogen-bond donors (Lipinski definition) is 1. The van der Waals surface area contributed by atoms with Gasteiger partial charge in [-0.25, -0.2) is 4.98 Å². The molecule has 4 heteroatoms. The first-order chi connectivity index (χ1) is 10.3. The molecular formula is C17H18N2OS. The molecule has 108 valence electrons. The van der Waals surface area contributed by atoms with Crippen molar-refractivity contribution in [3.8, 4) is 5.75 Å². The molecule has 0 atom stereocenters. The Bertz CT molecular complexity index is 751.